The van der Waals surface area contributed by atoms with Crippen LogP contribution in [0.25, 0.3) is 0 Å². The van der Waals surface area contributed by atoms with Gasteiger partial charge in [-0.2, -0.15) is 0 Å². The lowest BCUT2D eigenvalue weighted by Crippen LogP contribution is -2.23. The monoisotopic (exact) mass is 304 g/mol. The van der Waals surface area contributed by atoms with E-state index in [1.165, 1.54) is 6.07 Å². The number of hydrogen-bond acceptors (Lipinski definition) is 5. The molecule has 0 aliphatic rings. The van der Waals surface area contributed by atoms with Crippen LogP contribution in [-0.4, -0.2) is 16.0 Å². The van der Waals surface area contributed by atoms with Gasteiger partial charge in [-0.05, 0) is 23.6 Å². The van der Waals surface area contributed by atoms with Crippen molar-refractivity contribution in [3.8, 4) is 0 Å². The van der Waals surface area contributed by atoms with E-state index in [1.54, 1.807) is 48.5 Å². The molecule has 0 radical (unpaired) electrons. The van der Waals surface area contributed by atoms with Gasteiger partial charge in [0.05, 0.1) is 4.92 Å². The van der Waals surface area contributed by atoms with Crippen LogP contribution in [0.5, 0.6) is 0 Å². The van der Waals surface area contributed by atoms with Gasteiger partial charge in [-0.15, -0.1) is 0 Å². The first-order chi connectivity index (χ1) is 10.1. The quantitative estimate of drug-likeness (QED) is 0.484. The van der Waals surface area contributed by atoms with Gasteiger partial charge in [0.25, 0.3) is 5.69 Å². The summed E-state index contributed by atoms with van der Waals surface area (Å²) >= 11 is 0.934. The molecule has 108 valence electrons. The Bertz CT molecular complexity index is 648. The molecule has 0 aliphatic carbocycles. The summed E-state index contributed by atoms with van der Waals surface area (Å²) in [6, 6.07) is 13.9. The summed E-state index contributed by atoms with van der Waals surface area (Å²) in [7, 11) is 0. The van der Waals surface area contributed by atoms with Gasteiger partial charge >= 0.3 is 5.97 Å². The predicted molar refractivity (Wildman–Crippen MR) is 78.9 cm³/mol. The van der Waals surface area contributed by atoms with Crippen LogP contribution in [0, 0.1) is 10.1 Å². The minimum atomic E-state index is -1.05. The molecule has 0 saturated heterocycles. The molecule has 0 saturated carbocycles. The van der Waals surface area contributed by atoms with Crippen molar-refractivity contribution in [3.05, 3.63) is 70.3 Å². The Morgan fingerprint density at radius 3 is 2.38 bits per heavy atom. The number of aliphatic carboxylic acids is 1. The van der Waals surface area contributed by atoms with Crippen LogP contribution in [-0.2, 0) is 4.79 Å². The second kappa shape index (κ2) is 6.87. The van der Waals surface area contributed by atoms with E-state index in [9.17, 15) is 20.0 Å². The zero-order chi connectivity index (χ0) is 15.2. The van der Waals surface area contributed by atoms with Gasteiger partial charge in [0.15, 0.2) is 0 Å². The van der Waals surface area contributed by atoms with Crippen LogP contribution in [0.4, 0.5) is 5.69 Å². The van der Waals surface area contributed by atoms with Gasteiger partial charge in [0.1, 0.15) is 10.9 Å². The molecule has 7 heteroatoms. The standard InChI is InChI=1S/C14H12N2O4S/c17-14(18)13(10-6-2-1-3-7-10)15-21-12-9-5-4-8-11(12)16(19)20/h1-9,13,15H,(H,17,18). The van der Waals surface area contributed by atoms with Crippen molar-refractivity contribution in [3.63, 3.8) is 0 Å². The molecule has 21 heavy (non-hydrogen) atoms. The molecular formula is C14H12N2O4S. The lowest BCUT2D eigenvalue weighted by molar-refractivity contribution is -0.387. The molecule has 6 nitrogen and oxygen atoms in total. The van der Waals surface area contributed by atoms with E-state index in [2.05, 4.69) is 4.72 Å². The number of carboxylic acids is 1. The number of nitrogens with one attached hydrogen (secondary N) is 1. The average Bonchev–Trinajstić information content (AvgIpc) is 2.48. The summed E-state index contributed by atoms with van der Waals surface area (Å²) < 4.78 is 2.76. The summed E-state index contributed by atoms with van der Waals surface area (Å²) in [5, 5.41) is 20.2. The van der Waals surface area contributed by atoms with E-state index in [0.717, 1.165) is 11.9 Å². The Morgan fingerprint density at radius 2 is 1.76 bits per heavy atom. The molecule has 1 unspecified atom stereocenters. The van der Waals surface area contributed by atoms with Crippen LogP contribution in [0.3, 0.4) is 0 Å². The first-order valence-corrected chi connectivity index (χ1v) is 6.85. The van der Waals surface area contributed by atoms with Crippen molar-refractivity contribution in [1.82, 2.24) is 4.72 Å². The number of benzene rings is 2. The first kappa shape index (κ1) is 15.0. The minimum absolute atomic E-state index is 0.0628. The molecule has 2 rings (SSSR count). The van der Waals surface area contributed by atoms with Crippen molar-refractivity contribution >= 4 is 23.6 Å². The zero-order valence-electron chi connectivity index (χ0n) is 10.8. The van der Waals surface area contributed by atoms with Crippen LogP contribution in [0.2, 0.25) is 0 Å². The van der Waals surface area contributed by atoms with E-state index in [0.29, 0.717) is 10.5 Å². The highest BCUT2D eigenvalue weighted by Crippen LogP contribution is 2.29. The van der Waals surface area contributed by atoms with Crippen molar-refractivity contribution in [1.29, 1.82) is 0 Å². The lowest BCUT2D eigenvalue weighted by atomic mass is 10.1. The summed E-state index contributed by atoms with van der Waals surface area (Å²) in [4.78, 5) is 22.1. The third-order valence-electron chi connectivity index (χ3n) is 2.73. The van der Waals surface area contributed by atoms with Gasteiger partial charge < -0.3 is 5.11 Å². The van der Waals surface area contributed by atoms with Gasteiger partial charge in [0, 0.05) is 6.07 Å². The highest BCUT2D eigenvalue weighted by atomic mass is 32.2. The molecule has 0 bridgehead atoms. The third-order valence-corrected chi connectivity index (χ3v) is 3.65. The molecule has 0 aromatic heterocycles. The molecule has 0 spiro atoms. The Kier molecular flexibility index (Phi) is 4.91. The third kappa shape index (κ3) is 3.80. The molecule has 0 heterocycles. The Balaban J connectivity index is 2.17. The molecule has 2 aromatic rings. The fourth-order valence-corrected chi connectivity index (χ4v) is 2.60. The maximum Gasteiger partial charge on any atom is 0.326 e. The number of rotatable bonds is 6. The van der Waals surface area contributed by atoms with Crippen molar-refractivity contribution in [2.45, 2.75) is 10.9 Å². The molecule has 2 N–H and O–H groups in total. The molecule has 0 fully saturated rings. The summed E-state index contributed by atoms with van der Waals surface area (Å²) in [5.74, 6) is -1.05. The van der Waals surface area contributed by atoms with E-state index in [-0.39, 0.29) is 5.69 Å². The largest absolute Gasteiger partial charge is 0.480 e. The van der Waals surface area contributed by atoms with Crippen molar-refractivity contribution < 1.29 is 14.8 Å². The maximum absolute atomic E-state index is 11.3. The number of carboxylic acid groups (broad SMARTS) is 1. The fraction of sp³-hybridized carbons (Fsp3) is 0.0714. The van der Waals surface area contributed by atoms with Gasteiger partial charge in [0.2, 0.25) is 0 Å². The van der Waals surface area contributed by atoms with Gasteiger partial charge in [-0.25, -0.2) is 4.72 Å². The Labute approximate surface area is 125 Å². The fourth-order valence-electron chi connectivity index (χ4n) is 1.72. The number of hydrogen-bond donors (Lipinski definition) is 2. The van der Waals surface area contributed by atoms with Crippen LogP contribution in [0.15, 0.2) is 59.5 Å². The summed E-state index contributed by atoms with van der Waals surface area (Å²) in [6.45, 7) is 0. The Morgan fingerprint density at radius 1 is 1.14 bits per heavy atom. The molecule has 1 atom stereocenters. The van der Waals surface area contributed by atoms with E-state index >= 15 is 0 Å². The van der Waals surface area contributed by atoms with Crippen LogP contribution in [0.1, 0.15) is 11.6 Å². The number of nitrogens with zero attached hydrogens (tertiary/aromatic N) is 1. The minimum Gasteiger partial charge on any atom is -0.480 e. The SMILES string of the molecule is O=C(O)C(NSc1ccccc1[N+](=O)[O-])c1ccccc1. The number of nitro benzene ring substituents is 1. The molecule has 0 aliphatic heterocycles. The average molecular weight is 304 g/mol. The van der Waals surface area contributed by atoms with Crippen LogP contribution >= 0.6 is 11.9 Å². The highest BCUT2D eigenvalue weighted by Gasteiger charge is 2.21. The normalized spacial score (nSPS) is 11.8. The van der Waals surface area contributed by atoms with E-state index < -0.39 is 16.9 Å². The molecular weight excluding hydrogens is 292 g/mol. The molecule has 2 aromatic carbocycles. The van der Waals surface area contributed by atoms with Crippen molar-refractivity contribution in [2.75, 3.05) is 0 Å². The number of carbonyl (C=O) groups is 1. The summed E-state index contributed by atoms with van der Waals surface area (Å²) in [6.07, 6.45) is 0. The van der Waals surface area contributed by atoms with E-state index in [4.69, 9.17) is 0 Å². The maximum atomic E-state index is 11.3. The van der Waals surface area contributed by atoms with E-state index in [1.807, 2.05) is 0 Å². The highest BCUT2D eigenvalue weighted by molar-refractivity contribution is 7.97. The van der Waals surface area contributed by atoms with Crippen LogP contribution < -0.4 is 4.72 Å². The second-order valence-corrected chi connectivity index (χ2v) is 5.01. The number of nitro groups is 1. The first-order valence-electron chi connectivity index (χ1n) is 6.03. The predicted octanol–water partition coefficient (Wildman–Crippen LogP) is 3.02. The van der Waals surface area contributed by atoms with Gasteiger partial charge in [-0.3, -0.25) is 14.9 Å². The second-order valence-electron chi connectivity index (χ2n) is 4.13. The molecule has 0 amide bonds. The Hall–Kier alpha value is -2.38. The topological polar surface area (TPSA) is 92.5 Å². The lowest BCUT2D eigenvalue weighted by Gasteiger charge is -2.13. The van der Waals surface area contributed by atoms with Crippen molar-refractivity contribution in [2.24, 2.45) is 0 Å². The summed E-state index contributed by atoms with van der Waals surface area (Å²) in [5.41, 5.74) is 0.517. The van der Waals surface area contributed by atoms with Gasteiger partial charge in [-0.1, -0.05) is 42.5 Å². The smallest absolute Gasteiger partial charge is 0.326 e. The zero-order valence-corrected chi connectivity index (χ0v) is 11.6. The number of para-hydroxylation sites is 1.